The molecule has 0 spiro atoms. The van der Waals surface area contributed by atoms with Crippen LogP contribution in [0.4, 0.5) is 0 Å². The highest BCUT2D eigenvalue weighted by molar-refractivity contribution is 5.86. The molecule has 0 aliphatic carbocycles. The molecule has 1 aliphatic rings. The van der Waals surface area contributed by atoms with Crippen molar-refractivity contribution < 1.29 is 9.15 Å². The molecule has 2 N–H and O–H groups in total. The summed E-state index contributed by atoms with van der Waals surface area (Å²) in [6.45, 7) is 1.53. The summed E-state index contributed by atoms with van der Waals surface area (Å²) in [6, 6.07) is 18.7. The number of aromatic amines is 1. The molecular weight excluding hydrogens is 324 g/mol. The molecule has 4 aromatic rings. The van der Waals surface area contributed by atoms with E-state index in [2.05, 4.69) is 34.6 Å². The van der Waals surface area contributed by atoms with Crippen LogP contribution in [0.3, 0.4) is 0 Å². The fourth-order valence-electron chi connectivity index (χ4n) is 3.76. The van der Waals surface area contributed by atoms with Gasteiger partial charge in [-0.15, -0.1) is 0 Å². The molecule has 1 aliphatic heterocycles. The first kappa shape index (κ1) is 15.3. The minimum Gasteiger partial charge on any atom is -0.489 e. The van der Waals surface area contributed by atoms with Crippen LogP contribution in [0, 0.1) is 0 Å². The van der Waals surface area contributed by atoms with Gasteiger partial charge in [0.1, 0.15) is 12.4 Å². The van der Waals surface area contributed by atoms with Crippen LogP contribution in [0.15, 0.2) is 71.5 Å². The van der Waals surface area contributed by atoms with Gasteiger partial charge in [0.25, 0.3) is 0 Å². The van der Waals surface area contributed by atoms with Crippen molar-refractivity contribution in [1.29, 1.82) is 0 Å². The Kier molecular flexibility index (Phi) is 3.76. The van der Waals surface area contributed by atoms with Gasteiger partial charge in [0.05, 0.1) is 18.6 Å². The number of ether oxygens (including phenoxy) is 1. The summed E-state index contributed by atoms with van der Waals surface area (Å²) in [6.07, 6.45) is 4.54. The van der Waals surface area contributed by atoms with Crippen molar-refractivity contribution in [3.8, 4) is 5.75 Å². The average molecular weight is 344 g/mol. The van der Waals surface area contributed by atoms with Crippen LogP contribution in [0.1, 0.15) is 28.4 Å². The summed E-state index contributed by atoms with van der Waals surface area (Å²) in [5.74, 6) is 0.904. The maximum atomic E-state index is 6.02. The van der Waals surface area contributed by atoms with E-state index >= 15 is 0 Å². The van der Waals surface area contributed by atoms with Gasteiger partial charge in [-0.1, -0.05) is 30.3 Å². The number of furan rings is 1. The third-order valence-electron chi connectivity index (χ3n) is 5.05. The zero-order valence-corrected chi connectivity index (χ0v) is 14.4. The predicted molar refractivity (Wildman–Crippen MR) is 101 cm³/mol. The first-order valence-electron chi connectivity index (χ1n) is 8.95. The molecule has 0 fully saturated rings. The van der Waals surface area contributed by atoms with Gasteiger partial charge in [0, 0.05) is 28.7 Å². The van der Waals surface area contributed by atoms with E-state index in [1.807, 2.05) is 36.6 Å². The molecule has 0 radical (unpaired) electrons. The number of fused-ring (bicyclic) bond motifs is 3. The van der Waals surface area contributed by atoms with Gasteiger partial charge in [0.2, 0.25) is 0 Å². The molecule has 4 heteroatoms. The second-order valence-corrected chi connectivity index (χ2v) is 6.69. The standard InChI is InChI=1S/C22H20N2O2/c1-2-4-15(5-3-1)13-26-17-6-7-20-19(12-17)18-8-10-23-21(22(18)24-20)16-9-11-25-14-16/h1-7,9,11-12,14,21,23-24H,8,10,13H2. The fraction of sp³-hybridized carbons (Fsp3) is 0.182. The van der Waals surface area contributed by atoms with Crippen LogP contribution in [0.25, 0.3) is 10.9 Å². The van der Waals surface area contributed by atoms with Crippen LogP contribution in [0.2, 0.25) is 0 Å². The number of H-pyrrole nitrogens is 1. The molecule has 3 heterocycles. The first-order chi connectivity index (χ1) is 12.9. The summed E-state index contributed by atoms with van der Waals surface area (Å²) in [7, 11) is 0. The highest BCUT2D eigenvalue weighted by Gasteiger charge is 2.25. The lowest BCUT2D eigenvalue weighted by atomic mass is 9.96. The lowest BCUT2D eigenvalue weighted by Crippen LogP contribution is -2.30. The second kappa shape index (κ2) is 6.39. The Bertz CT molecular complexity index is 1020. The molecule has 4 nitrogen and oxygen atoms in total. The van der Waals surface area contributed by atoms with Gasteiger partial charge in [-0.25, -0.2) is 0 Å². The molecule has 26 heavy (non-hydrogen) atoms. The molecule has 2 aromatic heterocycles. The number of hydrogen-bond acceptors (Lipinski definition) is 3. The third kappa shape index (κ3) is 2.68. The van der Waals surface area contributed by atoms with Gasteiger partial charge >= 0.3 is 0 Å². The smallest absolute Gasteiger partial charge is 0.120 e. The van der Waals surface area contributed by atoms with Crippen molar-refractivity contribution in [1.82, 2.24) is 10.3 Å². The van der Waals surface area contributed by atoms with Crippen molar-refractivity contribution in [3.05, 3.63) is 89.5 Å². The van der Waals surface area contributed by atoms with Crippen LogP contribution in [-0.2, 0) is 13.0 Å². The van der Waals surface area contributed by atoms with E-state index in [9.17, 15) is 0 Å². The van der Waals surface area contributed by atoms with Crippen LogP contribution in [0.5, 0.6) is 5.75 Å². The summed E-state index contributed by atoms with van der Waals surface area (Å²) in [4.78, 5) is 3.60. The van der Waals surface area contributed by atoms with Crippen molar-refractivity contribution in [3.63, 3.8) is 0 Å². The second-order valence-electron chi connectivity index (χ2n) is 6.69. The van der Waals surface area contributed by atoms with Gasteiger partial charge in [-0.05, 0) is 41.8 Å². The van der Waals surface area contributed by atoms with Gasteiger partial charge in [-0.2, -0.15) is 0 Å². The molecule has 0 amide bonds. The Labute approximate surface area is 151 Å². The van der Waals surface area contributed by atoms with Crippen molar-refractivity contribution in [2.24, 2.45) is 0 Å². The molecule has 5 rings (SSSR count). The zero-order valence-electron chi connectivity index (χ0n) is 14.4. The summed E-state index contributed by atoms with van der Waals surface area (Å²) >= 11 is 0. The quantitative estimate of drug-likeness (QED) is 0.570. The summed E-state index contributed by atoms with van der Waals surface area (Å²) in [5, 5.41) is 4.83. The van der Waals surface area contributed by atoms with Crippen LogP contribution < -0.4 is 10.1 Å². The Morgan fingerprint density at radius 3 is 2.85 bits per heavy atom. The molecule has 0 saturated carbocycles. The summed E-state index contributed by atoms with van der Waals surface area (Å²) in [5.41, 5.74) is 6.08. The molecule has 0 saturated heterocycles. The minimum absolute atomic E-state index is 0.151. The largest absolute Gasteiger partial charge is 0.489 e. The van der Waals surface area contributed by atoms with Crippen molar-refractivity contribution >= 4 is 10.9 Å². The van der Waals surface area contributed by atoms with E-state index < -0.39 is 0 Å². The molecular formula is C22H20N2O2. The van der Waals surface area contributed by atoms with E-state index in [1.165, 1.54) is 22.2 Å². The van der Waals surface area contributed by atoms with Gasteiger partial charge in [0.15, 0.2) is 0 Å². The van der Waals surface area contributed by atoms with Crippen LogP contribution in [-0.4, -0.2) is 11.5 Å². The molecule has 130 valence electrons. The highest BCUT2D eigenvalue weighted by Crippen LogP contribution is 2.35. The topological polar surface area (TPSA) is 50.2 Å². The van der Waals surface area contributed by atoms with Crippen molar-refractivity contribution in [2.45, 2.75) is 19.1 Å². The van der Waals surface area contributed by atoms with E-state index in [-0.39, 0.29) is 6.04 Å². The number of nitrogens with one attached hydrogen (secondary N) is 2. The normalized spacial score (nSPS) is 16.5. The lowest BCUT2D eigenvalue weighted by molar-refractivity contribution is 0.306. The average Bonchev–Trinajstić information content (AvgIpc) is 3.34. The van der Waals surface area contributed by atoms with E-state index in [1.54, 1.807) is 6.26 Å². The first-order valence-corrected chi connectivity index (χ1v) is 8.95. The molecule has 0 bridgehead atoms. The highest BCUT2D eigenvalue weighted by atomic mass is 16.5. The van der Waals surface area contributed by atoms with Gasteiger partial charge < -0.3 is 19.5 Å². The Balaban J connectivity index is 1.47. The van der Waals surface area contributed by atoms with Crippen LogP contribution >= 0.6 is 0 Å². The fourth-order valence-corrected chi connectivity index (χ4v) is 3.76. The maximum Gasteiger partial charge on any atom is 0.120 e. The minimum atomic E-state index is 0.151. The van der Waals surface area contributed by atoms with Crippen molar-refractivity contribution in [2.75, 3.05) is 6.54 Å². The third-order valence-corrected chi connectivity index (χ3v) is 5.05. The van der Waals surface area contributed by atoms with E-state index in [0.29, 0.717) is 6.61 Å². The number of benzene rings is 2. The maximum absolute atomic E-state index is 6.02. The number of aromatic nitrogens is 1. The SMILES string of the molecule is c1ccc(COc2ccc3[nH]c4c(c3c2)CCNC4c2ccoc2)cc1. The number of rotatable bonds is 4. The monoisotopic (exact) mass is 344 g/mol. The Morgan fingerprint density at radius 2 is 2.00 bits per heavy atom. The van der Waals surface area contributed by atoms with Gasteiger partial charge in [-0.3, -0.25) is 0 Å². The Hall–Kier alpha value is -2.98. The van der Waals surface area contributed by atoms with E-state index in [4.69, 9.17) is 9.15 Å². The Morgan fingerprint density at radius 1 is 1.08 bits per heavy atom. The molecule has 1 unspecified atom stereocenters. The summed E-state index contributed by atoms with van der Waals surface area (Å²) < 4.78 is 11.3. The van der Waals surface area contributed by atoms with E-state index in [0.717, 1.165) is 29.8 Å². The predicted octanol–water partition coefficient (Wildman–Crippen LogP) is 4.58. The lowest BCUT2D eigenvalue weighted by Gasteiger charge is -2.23. The molecule has 1 atom stereocenters. The number of hydrogen-bond donors (Lipinski definition) is 2. The molecule has 2 aromatic carbocycles. The zero-order chi connectivity index (χ0) is 17.3.